The Bertz CT molecular complexity index is 622. The molecule has 10 heteroatoms. The third-order valence-electron chi connectivity index (χ3n) is 8.50. The van der Waals surface area contributed by atoms with Crippen molar-refractivity contribution in [3.63, 3.8) is 0 Å². The summed E-state index contributed by atoms with van der Waals surface area (Å²) in [5.74, 6) is 2.12. The molecule has 0 amide bonds. The van der Waals surface area contributed by atoms with Crippen molar-refractivity contribution in [3.8, 4) is 0 Å². The number of hydrogen-bond donors (Lipinski definition) is 0. The zero-order chi connectivity index (χ0) is 27.1. The molecule has 0 saturated heterocycles. The van der Waals surface area contributed by atoms with Crippen molar-refractivity contribution in [2.24, 2.45) is 17.8 Å². The maximum Gasteiger partial charge on any atom is 3.00 e. The first-order valence-electron chi connectivity index (χ1n) is 14.8. The molecule has 3 fully saturated rings. The van der Waals surface area contributed by atoms with Crippen molar-refractivity contribution in [1.82, 2.24) is 0 Å². The van der Waals surface area contributed by atoms with Gasteiger partial charge in [0.2, 0.25) is 0 Å². The molecule has 6 nitrogen and oxygen atoms in total. The van der Waals surface area contributed by atoms with Gasteiger partial charge < -0.3 is 28.4 Å². The van der Waals surface area contributed by atoms with Crippen LogP contribution in [0.5, 0.6) is 0 Å². The van der Waals surface area contributed by atoms with Gasteiger partial charge in [-0.15, -0.1) is 0 Å². The van der Waals surface area contributed by atoms with Gasteiger partial charge >= 0.3 is 17.4 Å². The predicted octanol–water partition coefficient (Wildman–Crippen LogP) is 6.29. The van der Waals surface area contributed by atoms with Gasteiger partial charge in [-0.3, -0.25) is 0 Å². The smallest absolute Gasteiger partial charge is 0.799 e. The fourth-order valence-electron chi connectivity index (χ4n) is 5.51. The maximum atomic E-state index is 11.2. The van der Waals surface area contributed by atoms with Crippen LogP contribution in [0.25, 0.3) is 0 Å². The summed E-state index contributed by atoms with van der Waals surface area (Å²) in [6.45, 7) is 5.22. The van der Waals surface area contributed by atoms with Crippen LogP contribution in [0.2, 0.25) is 0 Å². The molecule has 3 unspecified atom stereocenters. The molecule has 0 aromatic heterocycles. The molecular formula is C27H54AlO6P3. The maximum absolute atomic E-state index is 11.2. The Balaban J connectivity index is 0.000000518. The van der Waals surface area contributed by atoms with E-state index >= 15 is 0 Å². The molecule has 3 aliphatic carbocycles. The molecule has 0 aliphatic heterocycles. The van der Waals surface area contributed by atoms with E-state index in [9.17, 15) is 28.4 Å². The molecule has 0 radical (unpaired) electrons. The van der Waals surface area contributed by atoms with Gasteiger partial charge in [0.1, 0.15) is 0 Å². The van der Waals surface area contributed by atoms with E-state index in [-0.39, 0.29) is 17.4 Å². The molecule has 0 aromatic carbocycles. The summed E-state index contributed by atoms with van der Waals surface area (Å²) < 4.78 is 33.6. The van der Waals surface area contributed by atoms with Gasteiger partial charge in [-0.25, -0.2) is 0 Å². The van der Waals surface area contributed by atoms with Crippen LogP contribution in [0.15, 0.2) is 0 Å². The summed E-state index contributed by atoms with van der Waals surface area (Å²) in [6.07, 6.45) is 20.4. The molecule has 3 saturated carbocycles. The largest absolute Gasteiger partial charge is 3.00 e. The fourth-order valence-corrected chi connectivity index (χ4v) is 8.73. The minimum absolute atomic E-state index is 0. The fraction of sp³-hybridized carbons (Fsp3) is 1.00. The van der Waals surface area contributed by atoms with E-state index < -0.39 is 22.1 Å². The van der Waals surface area contributed by atoms with E-state index in [1.165, 1.54) is 77.0 Å². The summed E-state index contributed by atoms with van der Waals surface area (Å²) in [7, 11) is -8.93. The van der Waals surface area contributed by atoms with Crippen molar-refractivity contribution >= 4 is 39.5 Å². The van der Waals surface area contributed by atoms with Gasteiger partial charge in [0, 0.05) is 22.1 Å². The summed E-state index contributed by atoms with van der Waals surface area (Å²) >= 11 is 0. The summed E-state index contributed by atoms with van der Waals surface area (Å²) in [5.41, 5.74) is 0. The van der Waals surface area contributed by atoms with E-state index in [2.05, 4.69) is 0 Å². The van der Waals surface area contributed by atoms with Gasteiger partial charge in [0.05, 0.1) is 0 Å². The first-order chi connectivity index (χ1) is 16.9. The van der Waals surface area contributed by atoms with Crippen LogP contribution < -0.4 is 14.7 Å². The molecule has 0 bridgehead atoms. The van der Waals surface area contributed by atoms with Crippen LogP contribution in [0, 0.1) is 17.8 Å². The Hall–Kier alpha value is 1.10. The van der Waals surface area contributed by atoms with Crippen LogP contribution in [0.3, 0.4) is 0 Å². The topological polar surface area (TPSA) is 120 Å². The van der Waals surface area contributed by atoms with E-state index in [0.717, 1.165) is 19.3 Å². The molecule has 216 valence electrons. The van der Waals surface area contributed by atoms with E-state index in [0.29, 0.717) is 54.7 Å². The van der Waals surface area contributed by atoms with Crippen LogP contribution in [0.1, 0.15) is 117 Å². The predicted molar refractivity (Wildman–Crippen MR) is 155 cm³/mol. The van der Waals surface area contributed by atoms with Gasteiger partial charge in [-0.2, -0.15) is 0 Å². The Kier molecular flexibility index (Phi) is 20.7. The van der Waals surface area contributed by atoms with Gasteiger partial charge in [0.25, 0.3) is 0 Å². The second kappa shape index (κ2) is 20.1. The second-order valence-electron chi connectivity index (χ2n) is 11.4. The molecule has 3 aliphatic rings. The molecule has 0 heterocycles. The average molecular weight is 595 g/mol. The molecule has 0 spiro atoms. The monoisotopic (exact) mass is 594 g/mol. The molecule has 3 atom stereocenters. The molecule has 37 heavy (non-hydrogen) atoms. The zero-order valence-corrected chi connectivity index (χ0v) is 27.8. The quantitative estimate of drug-likeness (QED) is 0.193. The van der Waals surface area contributed by atoms with Crippen LogP contribution in [-0.2, 0) is 13.7 Å². The Morgan fingerprint density at radius 3 is 0.838 bits per heavy atom. The minimum atomic E-state index is -2.98. The number of rotatable bonds is 12. The third-order valence-corrected chi connectivity index (χ3v) is 14.2. The molecule has 3 rings (SSSR count). The van der Waals surface area contributed by atoms with Crippen molar-refractivity contribution in [3.05, 3.63) is 0 Å². The standard InChI is InChI=1S/3C9H19O2P.Al/c3*1-2-12(10,11)8-7-9-5-3-4-6-9;/h3*9H,2-8H2,1H3,(H,10,11);/q;;;+3/p-3. The summed E-state index contributed by atoms with van der Waals surface area (Å²) in [4.78, 5) is 33.6. The Morgan fingerprint density at radius 1 is 0.486 bits per heavy atom. The van der Waals surface area contributed by atoms with Gasteiger partial charge in [0.15, 0.2) is 0 Å². The van der Waals surface area contributed by atoms with E-state index in [4.69, 9.17) is 0 Å². The van der Waals surface area contributed by atoms with Crippen molar-refractivity contribution in [2.45, 2.75) is 117 Å². The van der Waals surface area contributed by atoms with Gasteiger partial charge in [-0.1, -0.05) is 97.8 Å². The normalized spacial score (nSPS) is 23.5. The first-order valence-corrected chi connectivity index (χ1v) is 20.8. The molecular weight excluding hydrogens is 540 g/mol. The Morgan fingerprint density at radius 2 is 0.676 bits per heavy atom. The summed E-state index contributed by atoms with van der Waals surface area (Å²) in [6, 6.07) is 0. The molecule has 0 aromatic rings. The first kappa shape index (κ1) is 38.1. The second-order valence-corrected chi connectivity index (χ2v) is 19.5. The zero-order valence-electron chi connectivity index (χ0n) is 23.9. The van der Waals surface area contributed by atoms with Crippen molar-refractivity contribution in [2.75, 3.05) is 37.0 Å². The van der Waals surface area contributed by atoms with Crippen LogP contribution in [0.4, 0.5) is 0 Å². The number of hydrogen-bond acceptors (Lipinski definition) is 6. The van der Waals surface area contributed by atoms with E-state index in [1.807, 2.05) is 0 Å². The van der Waals surface area contributed by atoms with Crippen LogP contribution >= 0.6 is 22.1 Å². The van der Waals surface area contributed by atoms with E-state index in [1.54, 1.807) is 20.8 Å². The minimum Gasteiger partial charge on any atom is -0.799 e. The third kappa shape index (κ3) is 19.0. The van der Waals surface area contributed by atoms with Crippen molar-refractivity contribution < 1.29 is 28.4 Å². The van der Waals surface area contributed by atoms with Crippen molar-refractivity contribution in [1.29, 1.82) is 0 Å². The summed E-state index contributed by atoms with van der Waals surface area (Å²) in [5, 5.41) is 0. The average Bonchev–Trinajstić information content (AvgIpc) is 3.65. The SMILES string of the molecule is CCP(=O)([O-])CCC1CCCC1.CCP(=O)([O-])CCC1CCCC1.CCP(=O)([O-])CCC1CCCC1.[Al+3]. The Labute approximate surface area is 239 Å². The molecule has 0 N–H and O–H groups in total. The van der Waals surface area contributed by atoms with Gasteiger partial charge in [-0.05, 0) is 74.0 Å². The van der Waals surface area contributed by atoms with Crippen LogP contribution in [-0.4, -0.2) is 54.3 Å².